The molecular weight excluding hydrogens is 430 g/mol. The van der Waals surface area contributed by atoms with Gasteiger partial charge in [0.25, 0.3) is 5.91 Å². The van der Waals surface area contributed by atoms with Crippen LogP contribution in [0, 0.1) is 6.92 Å². The normalized spacial score (nSPS) is 12.4. The number of benzene rings is 3. The number of esters is 1. The standard InChI is InChI=1S/C27H23N3O4/c1-18-16-28-27(33)29(18)22-14-12-21(13-15-22)26(32)34-17-25(31)30-23-8-4-2-6-19(23)10-11-20-7-3-5-9-24(20)30/h2-9,12-16H,10-11,17H2,1H3,(H,28,33). The second kappa shape index (κ2) is 8.86. The van der Waals surface area contributed by atoms with Crippen LogP contribution in [0.5, 0.6) is 0 Å². The Bertz CT molecular complexity index is 1390. The van der Waals surface area contributed by atoms with E-state index in [1.807, 2.05) is 55.5 Å². The first-order valence-corrected chi connectivity index (χ1v) is 11.1. The molecule has 0 spiro atoms. The molecule has 7 heteroatoms. The molecule has 34 heavy (non-hydrogen) atoms. The Labute approximate surface area is 196 Å². The van der Waals surface area contributed by atoms with Crippen molar-refractivity contribution < 1.29 is 14.3 Å². The molecule has 0 saturated carbocycles. The molecule has 1 N–H and O–H groups in total. The summed E-state index contributed by atoms with van der Waals surface area (Å²) in [5.41, 5.74) is 5.20. The van der Waals surface area contributed by atoms with E-state index in [2.05, 4.69) is 4.98 Å². The van der Waals surface area contributed by atoms with Crippen molar-refractivity contribution in [2.24, 2.45) is 0 Å². The van der Waals surface area contributed by atoms with Crippen LogP contribution in [0.25, 0.3) is 5.69 Å². The molecule has 4 aromatic rings. The van der Waals surface area contributed by atoms with Gasteiger partial charge in [0.05, 0.1) is 22.6 Å². The van der Waals surface area contributed by atoms with Gasteiger partial charge in [0.2, 0.25) is 0 Å². The summed E-state index contributed by atoms with van der Waals surface area (Å²) in [6, 6.07) is 22.1. The van der Waals surface area contributed by atoms with Gasteiger partial charge in [-0.3, -0.25) is 14.3 Å². The van der Waals surface area contributed by atoms with E-state index in [0.29, 0.717) is 11.3 Å². The van der Waals surface area contributed by atoms with Crippen LogP contribution in [0.2, 0.25) is 0 Å². The first-order valence-electron chi connectivity index (χ1n) is 11.1. The number of imidazole rings is 1. The van der Waals surface area contributed by atoms with Gasteiger partial charge < -0.3 is 9.72 Å². The number of anilines is 2. The van der Waals surface area contributed by atoms with Gasteiger partial charge in [0.1, 0.15) is 0 Å². The summed E-state index contributed by atoms with van der Waals surface area (Å²) in [5, 5.41) is 0. The molecule has 5 rings (SSSR count). The summed E-state index contributed by atoms with van der Waals surface area (Å²) in [6.07, 6.45) is 3.27. The summed E-state index contributed by atoms with van der Waals surface area (Å²) < 4.78 is 6.89. The molecule has 1 aliphatic heterocycles. The van der Waals surface area contributed by atoms with E-state index < -0.39 is 5.97 Å². The lowest BCUT2D eigenvalue weighted by atomic mass is 10.0. The third-order valence-corrected chi connectivity index (χ3v) is 6.03. The lowest BCUT2D eigenvalue weighted by Crippen LogP contribution is -2.31. The van der Waals surface area contributed by atoms with Crippen LogP contribution in [0.4, 0.5) is 11.4 Å². The number of hydrogen-bond acceptors (Lipinski definition) is 4. The lowest BCUT2D eigenvalue weighted by molar-refractivity contribution is -0.120. The van der Waals surface area contributed by atoms with Crippen LogP contribution in [0.1, 0.15) is 27.2 Å². The quantitative estimate of drug-likeness (QED) is 0.472. The molecule has 0 fully saturated rings. The van der Waals surface area contributed by atoms with Crippen molar-refractivity contribution in [1.29, 1.82) is 0 Å². The number of nitrogens with zero attached hydrogens (tertiary/aromatic N) is 2. The van der Waals surface area contributed by atoms with Gasteiger partial charge in [-0.15, -0.1) is 0 Å². The van der Waals surface area contributed by atoms with Crippen molar-refractivity contribution in [3.8, 4) is 5.69 Å². The van der Waals surface area contributed by atoms with Gasteiger partial charge in [-0.2, -0.15) is 0 Å². The smallest absolute Gasteiger partial charge is 0.338 e. The molecule has 3 aromatic carbocycles. The van der Waals surface area contributed by atoms with Crippen molar-refractivity contribution in [3.05, 3.63) is 112 Å². The minimum atomic E-state index is -0.602. The average Bonchev–Trinajstić information content (AvgIpc) is 3.10. The monoisotopic (exact) mass is 453 g/mol. The number of hydrogen-bond donors (Lipinski definition) is 1. The minimum Gasteiger partial charge on any atom is -0.452 e. The molecule has 1 aliphatic rings. The largest absolute Gasteiger partial charge is 0.452 e. The molecule has 0 aliphatic carbocycles. The van der Waals surface area contributed by atoms with Crippen molar-refractivity contribution >= 4 is 23.3 Å². The molecule has 1 amide bonds. The highest BCUT2D eigenvalue weighted by Gasteiger charge is 2.26. The Morgan fingerprint density at radius 3 is 2.03 bits per heavy atom. The number of carbonyl (C=O) groups excluding carboxylic acids is 2. The SMILES string of the molecule is Cc1c[nH]c(=O)n1-c1ccc(C(=O)OCC(=O)N2c3ccccc3CCc3ccccc32)cc1. The number of aromatic amines is 1. The highest BCUT2D eigenvalue weighted by atomic mass is 16.5. The van der Waals surface area contributed by atoms with Gasteiger partial charge in [-0.25, -0.2) is 9.59 Å². The van der Waals surface area contributed by atoms with E-state index in [0.717, 1.165) is 41.0 Å². The van der Waals surface area contributed by atoms with Gasteiger partial charge in [-0.1, -0.05) is 36.4 Å². The van der Waals surface area contributed by atoms with Crippen LogP contribution < -0.4 is 10.6 Å². The summed E-state index contributed by atoms with van der Waals surface area (Å²) in [7, 11) is 0. The number of ether oxygens (including phenoxy) is 1. The molecule has 0 radical (unpaired) electrons. The lowest BCUT2D eigenvalue weighted by Gasteiger charge is -2.24. The number of aryl methyl sites for hydroxylation is 3. The zero-order valence-electron chi connectivity index (χ0n) is 18.7. The number of rotatable bonds is 4. The van der Waals surface area contributed by atoms with Gasteiger partial charge in [-0.05, 0) is 67.3 Å². The fourth-order valence-corrected chi connectivity index (χ4v) is 4.35. The molecule has 1 aromatic heterocycles. The molecule has 0 saturated heterocycles. The van der Waals surface area contributed by atoms with Crippen molar-refractivity contribution in [2.45, 2.75) is 19.8 Å². The number of amides is 1. The molecular formula is C27H23N3O4. The predicted octanol–water partition coefficient (Wildman–Crippen LogP) is 4.09. The number of H-pyrrole nitrogens is 1. The van der Waals surface area contributed by atoms with E-state index in [1.165, 1.54) is 4.57 Å². The van der Waals surface area contributed by atoms with Crippen LogP contribution in [-0.2, 0) is 22.4 Å². The Morgan fingerprint density at radius 1 is 0.882 bits per heavy atom. The second-order valence-electron chi connectivity index (χ2n) is 8.18. The fourth-order valence-electron chi connectivity index (χ4n) is 4.35. The molecule has 0 unspecified atom stereocenters. The van der Waals surface area contributed by atoms with Crippen LogP contribution in [0.3, 0.4) is 0 Å². The Morgan fingerprint density at radius 2 is 1.47 bits per heavy atom. The maximum atomic E-state index is 13.3. The number of fused-ring (bicyclic) bond motifs is 2. The zero-order chi connectivity index (χ0) is 23.7. The van der Waals surface area contributed by atoms with Crippen LogP contribution in [0.15, 0.2) is 83.8 Å². The second-order valence-corrected chi connectivity index (χ2v) is 8.18. The summed E-state index contributed by atoms with van der Waals surface area (Å²) in [4.78, 5) is 42.2. The maximum Gasteiger partial charge on any atom is 0.338 e. The first kappa shape index (κ1) is 21.5. The number of aromatic nitrogens is 2. The van der Waals surface area contributed by atoms with Crippen LogP contribution >= 0.6 is 0 Å². The average molecular weight is 453 g/mol. The Hall–Kier alpha value is -4.39. The number of carbonyl (C=O) groups is 2. The minimum absolute atomic E-state index is 0.253. The molecule has 7 nitrogen and oxygen atoms in total. The van der Waals surface area contributed by atoms with Crippen LogP contribution in [-0.4, -0.2) is 28.0 Å². The number of para-hydroxylation sites is 2. The third kappa shape index (κ3) is 3.92. The van der Waals surface area contributed by atoms with Crippen molar-refractivity contribution in [2.75, 3.05) is 11.5 Å². The van der Waals surface area contributed by atoms with E-state index >= 15 is 0 Å². The van der Waals surface area contributed by atoms with Gasteiger partial charge in [0, 0.05) is 11.9 Å². The highest BCUT2D eigenvalue weighted by molar-refractivity contribution is 6.04. The molecule has 170 valence electrons. The maximum absolute atomic E-state index is 13.3. The number of nitrogens with one attached hydrogen (secondary N) is 1. The summed E-state index contributed by atoms with van der Waals surface area (Å²) in [6.45, 7) is 1.42. The third-order valence-electron chi connectivity index (χ3n) is 6.03. The topological polar surface area (TPSA) is 84.4 Å². The molecule has 2 heterocycles. The molecule has 0 bridgehead atoms. The predicted molar refractivity (Wildman–Crippen MR) is 129 cm³/mol. The fraction of sp³-hybridized carbons (Fsp3) is 0.148. The van der Waals surface area contributed by atoms with Crippen molar-refractivity contribution in [1.82, 2.24) is 9.55 Å². The Kier molecular flexibility index (Phi) is 5.59. The summed E-state index contributed by atoms with van der Waals surface area (Å²) in [5.74, 6) is -0.921. The van der Waals surface area contributed by atoms with Gasteiger partial charge in [0.15, 0.2) is 6.61 Å². The van der Waals surface area contributed by atoms with Gasteiger partial charge >= 0.3 is 11.7 Å². The first-order chi connectivity index (χ1) is 16.5. The Balaban J connectivity index is 1.35. The van der Waals surface area contributed by atoms with E-state index in [1.54, 1.807) is 35.4 Å². The highest BCUT2D eigenvalue weighted by Crippen LogP contribution is 2.36. The van der Waals surface area contributed by atoms with Crippen molar-refractivity contribution in [3.63, 3.8) is 0 Å². The molecule has 0 atom stereocenters. The van der Waals surface area contributed by atoms with E-state index in [4.69, 9.17) is 4.74 Å². The summed E-state index contributed by atoms with van der Waals surface area (Å²) >= 11 is 0. The van der Waals surface area contributed by atoms with E-state index in [9.17, 15) is 14.4 Å². The zero-order valence-corrected chi connectivity index (χ0v) is 18.7. The van der Waals surface area contributed by atoms with E-state index in [-0.39, 0.29) is 18.2 Å².